The maximum absolute atomic E-state index is 13.6. The van der Waals surface area contributed by atoms with Crippen LogP contribution in [0.2, 0.25) is 0 Å². The Labute approximate surface area is 216 Å². The Bertz CT molecular complexity index is 1260. The normalized spacial score (nSPS) is 16.0. The number of alkyl halides is 3. The van der Waals surface area contributed by atoms with Crippen molar-refractivity contribution in [2.75, 3.05) is 0 Å². The van der Waals surface area contributed by atoms with E-state index in [-0.39, 0.29) is 11.5 Å². The van der Waals surface area contributed by atoms with Gasteiger partial charge >= 0.3 is 6.36 Å². The minimum absolute atomic E-state index is 0.0740. The molecule has 0 radical (unpaired) electrons. The summed E-state index contributed by atoms with van der Waals surface area (Å²) in [5.74, 6) is -2.13. The number of fused-ring (bicyclic) bond motifs is 1. The number of ketones is 1. The van der Waals surface area contributed by atoms with E-state index in [0.717, 1.165) is 18.6 Å². The maximum atomic E-state index is 13.6. The van der Waals surface area contributed by atoms with E-state index < -0.39 is 41.3 Å². The van der Waals surface area contributed by atoms with Crippen molar-refractivity contribution in [3.63, 3.8) is 0 Å². The Balaban J connectivity index is 1.51. The van der Waals surface area contributed by atoms with Gasteiger partial charge in [-0.3, -0.25) is 14.4 Å². The Morgan fingerprint density at radius 3 is 2.37 bits per heavy atom. The number of halogens is 3. The van der Waals surface area contributed by atoms with Gasteiger partial charge in [0, 0.05) is 5.56 Å². The molecule has 4 rings (SSSR count). The van der Waals surface area contributed by atoms with Gasteiger partial charge in [-0.25, -0.2) is 4.98 Å². The predicted octanol–water partition coefficient (Wildman–Crippen LogP) is 5.33. The van der Waals surface area contributed by atoms with Crippen molar-refractivity contribution in [3.8, 4) is 5.75 Å². The quantitative estimate of drug-likeness (QED) is 0.361. The van der Waals surface area contributed by atoms with Gasteiger partial charge in [-0.05, 0) is 55.7 Å². The average Bonchev–Trinajstić information content (AvgIpc) is 3.32. The lowest BCUT2D eigenvalue weighted by molar-refractivity contribution is -0.274. The monoisotopic (exact) mass is 531 g/mol. The molecule has 1 saturated carbocycles. The highest BCUT2D eigenvalue weighted by molar-refractivity contribution is 6.03. The third-order valence-corrected chi connectivity index (χ3v) is 6.55. The minimum Gasteiger partial charge on any atom is -0.434 e. The molecule has 38 heavy (non-hydrogen) atoms. The van der Waals surface area contributed by atoms with Gasteiger partial charge in [0.15, 0.2) is 5.58 Å². The van der Waals surface area contributed by atoms with E-state index in [4.69, 9.17) is 4.42 Å². The second kappa shape index (κ2) is 11.2. The number of rotatable bonds is 9. The van der Waals surface area contributed by atoms with Gasteiger partial charge in [-0.1, -0.05) is 44.7 Å². The zero-order valence-corrected chi connectivity index (χ0v) is 20.8. The number of Topliss-reactive ketones (excluding diaryl/α,β-unsaturated/α-hetero) is 1. The third kappa shape index (κ3) is 6.32. The van der Waals surface area contributed by atoms with Crippen molar-refractivity contribution >= 4 is 28.7 Å². The highest BCUT2D eigenvalue weighted by atomic mass is 19.4. The molecule has 1 heterocycles. The standard InChI is InChI=1S/C27H28F3N3O5/c1-2-8-20(22(34)24-31-19-9-4-5-10-21(19)37-24)32-25(36)26(15-6-3-7-16-26)33-23(35)17-11-13-18(14-12-17)38-27(28,29)30/h4-5,9-14,20H,2-3,6-8,15-16H2,1H3,(H,32,36)(H,33,35)/t20-/m0/s1. The molecule has 2 amide bonds. The fourth-order valence-corrected chi connectivity index (χ4v) is 4.64. The number of para-hydroxylation sites is 2. The third-order valence-electron chi connectivity index (χ3n) is 6.55. The van der Waals surface area contributed by atoms with Crippen molar-refractivity contribution < 1.29 is 36.7 Å². The fraction of sp³-hybridized carbons (Fsp3) is 0.407. The molecular formula is C27H28F3N3O5. The first-order chi connectivity index (χ1) is 18.1. The van der Waals surface area contributed by atoms with Gasteiger partial charge in [0.05, 0.1) is 6.04 Å². The van der Waals surface area contributed by atoms with Crippen molar-refractivity contribution in [3.05, 3.63) is 60.0 Å². The predicted molar refractivity (Wildman–Crippen MR) is 132 cm³/mol. The Morgan fingerprint density at radius 2 is 1.74 bits per heavy atom. The molecule has 0 saturated heterocycles. The summed E-state index contributed by atoms with van der Waals surface area (Å²) in [5.41, 5.74) is -0.213. The molecule has 2 N–H and O–H groups in total. The molecule has 1 aliphatic rings. The van der Waals surface area contributed by atoms with Crippen molar-refractivity contribution in [1.29, 1.82) is 0 Å². The topological polar surface area (TPSA) is 111 Å². The lowest BCUT2D eigenvalue weighted by Crippen LogP contribution is -2.62. The van der Waals surface area contributed by atoms with Crippen LogP contribution >= 0.6 is 0 Å². The Hall–Kier alpha value is -3.89. The summed E-state index contributed by atoms with van der Waals surface area (Å²) >= 11 is 0. The zero-order valence-electron chi connectivity index (χ0n) is 20.8. The van der Waals surface area contributed by atoms with Crippen LogP contribution in [0.1, 0.15) is 72.9 Å². The van der Waals surface area contributed by atoms with Gasteiger partial charge in [0.25, 0.3) is 11.8 Å². The number of nitrogens with one attached hydrogen (secondary N) is 2. The van der Waals surface area contributed by atoms with E-state index in [9.17, 15) is 27.6 Å². The van der Waals surface area contributed by atoms with Crippen LogP contribution in [0.15, 0.2) is 52.9 Å². The van der Waals surface area contributed by atoms with Crippen LogP contribution in [-0.4, -0.2) is 40.5 Å². The highest BCUT2D eigenvalue weighted by Gasteiger charge is 2.43. The molecule has 1 aromatic heterocycles. The molecule has 0 unspecified atom stereocenters. The Morgan fingerprint density at radius 1 is 1.05 bits per heavy atom. The molecule has 1 aliphatic carbocycles. The van der Waals surface area contributed by atoms with Gasteiger partial charge in [-0.2, -0.15) is 0 Å². The first-order valence-corrected chi connectivity index (χ1v) is 12.5. The second-order valence-electron chi connectivity index (χ2n) is 9.33. The van der Waals surface area contributed by atoms with Crippen molar-refractivity contribution in [2.24, 2.45) is 0 Å². The first-order valence-electron chi connectivity index (χ1n) is 12.5. The first kappa shape index (κ1) is 27.2. The van der Waals surface area contributed by atoms with Crippen LogP contribution in [-0.2, 0) is 4.79 Å². The van der Waals surface area contributed by atoms with Gasteiger partial charge in [0.1, 0.15) is 16.8 Å². The molecule has 8 nitrogen and oxygen atoms in total. The number of carbonyl (C=O) groups is 3. The SMILES string of the molecule is CCC[C@H](NC(=O)C1(NC(=O)c2ccc(OC(F)(F)F)cc2)CCCCC1)C(=O)c1nc2ccccc2o1. The van der Waals surface area contributed by atoms with E-state index >= 15 is 0 Å². The molecule has 3 aromatic rings. The average molecular weight is 532 g/mol. The lowest BCUT2D eigenvalue weighted by Gasteiger charge is -2.37. The molecule has 1 atom stereocenters. The van der Waals surface area contributed by atoms with E-state index in [2.05, 4.69) is 20.4 Å². The number of amides is 2. The zero-order chi connectivity index (χ0) is 27.3. The van der Waals surface area contributed by atoms with Crippen LogP contribution in [0.25, 0.3) is 11.1 Å². The number of hydrogen-bond acceptors (Lipinski definition) is 6. The number of aromatic nitrogens is 1. The second-order valence-corrected chi connectivity index (χ2v) is 9.33. The summed E-state index contributed by atoms with van der Waals surface area (Å²) in [7, 11) is 0. The van der Waals surface area contributed by atoms with Crippen LogP contribution in [0.3, 0.4) is 0 Å². The molecular weight excluding hydrogens is 503 g/mol. The lowest BCUT2D eigenvalue weighted by atomic mass is 9.80. The molecule has 11 heteroatoms. The van der Waals surface area contributed by atoms with Crippen LogP contribution in [0.5, 0.6) is 5.75 Å². The van der Waals surface area contributed by atoms with Gasteiger partial charge in [-0.15, -0.1) is 13.2 Å². The number of ether oxygens (including phenoxy) is 1. The van der Waals surface area contributed by atoms with Crippen molar-refractivity contribution in [2.45, 2.75) is 69.8 Å². The maximum Gasteiger partial charge on any atom is 0.573 e. The molecule has 0 aliphatic heterocycles. The number of hydrogen-bond donors (Lipinski definition) is 2. The van der Waals surface area contributed by atoms with Crippen LogP contribution in [0.4, 0.5) is 13.2 Å². The number of carbonyl (C=O) groups excluding carboxylic acids is 3. The molecule has 0 spiro atoms. The summed E-state index contributed by atoms with van der Waals surface area (Å²) in [6.07, 6.45) is -0.942. The van der Waals surface area contributed by atoms with E-state index in [1.807, 2.05) is 6.92 Å². The van der Waals surface area contributed by atoms with E-state index in [1.54, 1.807) is 24.3 Å². The number of oxazole rings is 1. The van der Waals surface area contributed by atoms with E-state index in [1.165, 1.54) is 12.1 Å². The number of benzene rings is 2. The van der Waals surface area contributed by atoms with Crippen LogP contribution < -0.4 is 15.4 Å². The summed E-state index contributed by atoms with van der Waals surface area (Å²) in [6.45, 7) is 1.88. The number of nitrogens with zero attached hydrogens (tertiary/aromatic N) is 1. The van der Waals surface area contributed by atoms with E-state index in [0.29, 0.717) is 49.6 Å². The highest BCUT2D eigenvalue weighted by Crippen LogP contribution is 2.30. The van der Waals surface area contributed by atoms with Gasteiger partial charge in [0.2, 0.25) is 11.7 Å². The molecule has 2 aromatic carbocycles. The largest absolute Gasteiger partial charge is 0.573 e. The Kier molecular flexibility index (Phi) is 8.03. The molecule has 202 valence electrons. The molecule has 0 bridgehead atoms. The smallest absolute Gasteiger partial charge is 0.434 e. The molecule has 1 fully saturated rings. The minimum atomic E-state index is -4.85. The summed E-state index contributed by atoms with van der Waals surface area (Å²) < 4.78 is 46.8. The summed E-state index contributed by atoms with van der Waals surface area (Å²) in [4.78, 5) is 44.2. The summed E-state index contributed by atoms with van der Waals surface area (Å²) in [6, 6.07) is 10.5. The van der Waals surface area contributed by atoms with Crippen molar-refractivity contribution in [1.82, 2.24) is 15.6 Å². The summed E-state index contributed by atoms with van der Waals surface area (Å²) in [5, 5.41) is 5.61. The fourth-order valence-electron chi connectivity index (χ4n) is 4.64. The van der Waals surface area contributed by atoms with Gasteiger partial charge < -0.3 is 19.8 Å². The van der Waals surface area contributed by atoms with Crippen LogP contribution in [0, 0.1) is 0 Å².